The van der Waals surface area contributed by atoms with Crippen molar-refractivity contribution in [2.75, 3.05) is 24.5 Å². The Hall–Kier alpha value is -3.01. The van der Waals surface area contributed by atoms with Gasteiger partial charge < -0.3 is 25.1 Å². The third kappa shape index (κ3) is 3.62. The molecular weight excluding hydrogens is 393 g/mol. The molecule has 160 valence electrons. The Morgan fingerprint density at radius 1 is 1.47 bits per heavy atom. The molecule has 9 nitrogen and oxygen atoms in total. The smallest absolute Gasteiger partial charge is 0.341 e. The topological polar surface area (TPSA) is 123 Å². The number of carbonyl (C=O) groups is 1. The second-order valence-electron chi connectivity index (χ2n) is 8.03. The Morgan fingerprint density at radius 2 is 2.20 bits per heavy atom. The highest BCUT2D eigenvalue weighted by molar-refractivity contribution is 5.95. The van der Waals surface area contributed by atoms with E-state index in [4.69, 9.17) is 10.6 Å². The second-order valence-corrected chi connectivity index (χ2v) is 8.03. The molecule has 2 aromatic heterocycles. The average Bonchev–Trinajstić information content (AvgIpc) is 3.45. The summed E-state index contributed by atoms with van der Waals surface area (Å²) in [6.07, 6.45) is 2.94. The lowest BCUT2D eigenvalue weighted by Gasteiger charge is -2.19. The molecule has 2 aliphatic rings. The van der Waals surface area contributed by atoms with Gasteiger partial charge in [0.25, 0.3) is 0 Å². The highest BCUT2D eigenvalue weighted by atomic mass is 19.1. The van der Waals surface area contributed by atoms with Crippen molar-refractivity contribution in [3.05, 3.63) is 33.9 Å². The minimum absolute atomic E-state index is 0.0327. The number of aromatic nitrogens is 2. The Labute approximate surface area is 171 Å². The van der Waals surface area contributed by atoms with E-state index >= 15 is 4.39 Å². The standard InChI is InChI=1S/C20H24FN5O4/c1-10(2)30-24-16-9-25(7-11(16)6-22)19-15(21)5-13-17(27)14(20(28)29)8-26(12-3-4-12)18(13)23-19/h5,8,10-12H,3-4,6-7,9,22H2,1-2H3,(H,28,29)/b24-16-. The lowest BCUT2D eigenvalue weighted by molar-refractivity contribution is 0.0694. The lowest BCUT2D eigenvalue weighted by Crippen LogP contribution is -2.26. The number of anilines is 1. The number of pyridine rings is 2. The highest BCUT2D eigenvalue weighted by Gasteiger charge is 2.33. The molecule has 2 aromatic rings. The van der Waals surface area contributed by atoms with E-state index in [2.05, 4.69) is 10.1 Å². The molecule has 1 unspecified atom stereocenters. The lowest BCUT2D eigenvalue weighted by atomic mass is 10.1. The van der Waals surface area contributed by atoms with Gasteiger partial charge in [-0.15, -0.1) is 0 Å². The Morgan fingerprint density at radius 3 is 2.80 bits per heavy atom. The molecule has 1 aliphatic carbocycles. The van der Waals surface area contributed by atoms with Crippen LogP contribution in [0, 0.1) is 11.7 Å². The average molecular weight is 417 g/mol. The van der Waals surface area contributed by atoms with E-state index < -0.39 is 17.2 Å². The van der Waals surface area contributed by atoms with Gasteiger partial charge in [0.2, 0.25) is 5.43 Å². The van der Waals surface area contributed by atoms with Crippen LogP contribution in [0.5, 0.6) is 0 Å². The molecule has 0 aromatic carbocycles. The first-order valence-corrected chi connectivity index (χ1v) is 9.96. The van der Waals surface area contributed by atoms with Crippen molar-refractivity contribution in [2.45, 2.75) is 38.8 Å². The fourth-order valence-electron chi connectivity index (χ4n) is 3.65. The van der Waals surface area contributed by atoms with Crippen LogP contribution in [0.15, 0.2) is 22.2 Å². The van der Waals surface area contributed by atoms with Gasteiger partial charge in [0.1, 0.15) is 17.3 Å². The van der Waals surface area contributed by atoms with Crippen LogP contribution in [0.2, 0.25) is 0 Å². The van der Waals surface area contributed by atoms with Gasteiger partial charge in [0, 0.05) is 31.2 Å². The molecule has 4 rings (SSSR count). The third-order valence-electron chi connectivity index (χ3n) is 5.34. The van der Waals surface area contributed by atoms with Gasteiger partial charge in [-0.1, -0.05) is 5.16 Å². The summed E-state index contributed by atoms with van der Waals surface area (Å²) < 4.78 is 16.7. The van der Waals surface area contributed by atoms with Gasteiger partial charge in [-0.3, -0.25) is 4.79 Å². The van der Waals surface area contributed by atoms with Gasteiger partial charge in [0.15, 0.2) is 11.6 Å². The number of nitrogens with zero attached hydrogens (tertiary/aromatic N) is 4. The third-order valence-corrected chi connectivity index (χ3v) is 5.34. The first kappa shape index (κ1) is 20.3. The molecule has 1 atom stereocenters. The molecule has 0 bridgehead atoms. The molecule has 10 heteroatoms. The fourth-order valence-corrected chi connectivity index (χ4v) is 3.65. The Kier molecular flexibility index (Phi) is 5.19. The molecule has 30 heavy (non-hydrogen) atoms. The molecule has 1 saturated carbocycles. The quantitative estimate of drug-likeness (QED) is 0.686. The van der Waals surface area contributed by atoms with Crippen LogP contribution in [0.4, 0.5) is 10.2 Å². The number of aromatic carboxylic acids is 1. The maximum atomic E-state index is 15.0. The van der Waals surface area contributed by atoms with Gasteiger partial charge in [-0.2, -0.15) is 0 Å². The maximum absolute atomic E-state index is 15.0. The number of nitrogens with two attached hydrogens (primary N) is 1. The predicted octanol–water partition coefficient (Wildman–Crippen LogP) is 1.74. The predicted molar refractivity (Wildman–Crippen MR) is 110 cm³/mol. The van der Waals surface area contributed by atoms with Gasteiger partial charge in [0.05, 0.1) is 17.6 Å². The number of carboxylic acid groups (broad SMARTS) is 1. The maximum Gasteiger partial charge on any atom is 0.341 e. The summed E-state index contributed by atoms with van der Waals surface area (Å²) in [5.41, 5.74) is 5.75. The zero-order chi connectivity index (χ0) is 21.6. The number of carboxylic acids is 1. The zero-order valence-electron chi connectivity index (χ0n) is 16.8. The Bertz CT molecular complexity index is 1090. The summed E-state index contributed by atoms with van der Waals surface area (Å²) in [6, 6.07) is 1.15. The zero-order valence-corrected chi connectivity index (χ0v) is 16.8. The van der Waals surface area contributed by atoms with Gasteiger partial charge >= 0.3 is 5.97 Å². The number of rotatable bonds is 6. The van der Waals surface area contributed by atoms with E-state index in [0.29, 0.717) is 25.3 Å². The number of oxime groups is 1. The number of hydrogen-bond donors (Lipinski definition) is 2. The van der Waals surface area contributed by atoms with Crippen LogP contribution in [0.3, 0.4) is 0 Å². The minimum Gasteiger partial charge on any atom is -0.477 e. The van der Waals surface area contributed by atoms with Crippen molar-refractivity contribution in [3.8, 4) is 0 Å². The molecule has 3 heterocycles. The largest absolute Gasteiger partial charge is 0.477 e. The highest BCUT2D eigenvalue weighted by Crippen LogP contribution is 2.37. The molecule has 0 radical (unpaired) electrons. The fraction of sp³-hybridized carbons (Fsp3) is 0.500. The van der Waals surface area contributed by atoms with E-state index in [1.54, 1.807) is 9.47 Å². The Balaban J connectivity index is 1.79. The summed E-state index contributed by atoms with van der Waals surface area (Å²) >= 11 is 0. The summed E-state index contributed by atoms with van der Waals surface area (Å²) in [7, 11) is 0. The summed E-state index contributed by atoms with van der Waals surface area (Å²) in [5.74, 6) is -2.03. The number of halogens is 1. The summed E-state index contributed by atoms with van der Waals surface area (Å²) in [6.45, 7) is 4.79. The molecule has 2 fully saturated rings. The first-order chi connectivity index (χ1) is 14.3. The van der Waals surface area contributed by atoms with Crippen molar-refractivity contribution < 1.29 is 19.1 Å². The molecule has 0 amide bonds. The SMILES string of the molecule is CC(C)O/N=C1/CN(c2nc3c(cc2F)c(=O)c(C(=O)O)cn3C2CC2)CC1CN. The first-order valence-electron chi connectivity index (χ1n) is 9.96. The van der Waals surface area contributed by atoms with Gasteiger partial charge in [-0.05, 0) is 32.8 Å². The summed E-state index contributed by atoms with van der Waals surface area (Å²) in [4.78, 5) is 35.6. The van der Waals surface area contributed by atoms with E-state index in [1.807, 2.05) is 13.8 Å². The van der Waals surface area contributed by atoms with Crippen LogP contribution >= 0.6 is 0 Å². The van der Waals surface area contributed by atoms with Crippen LogP contribution in [-0.4, -0.2) is 52.1 Å². The second kappa shape index (κ2) is 7.67. The number of fused-ring (bicyclic) bond motifs is 1. The van der Waals surface area contributed by atoms with E-state index in [9.17, 15) is 14.7 Å². The van der Waals surface area contributed by atoms with Crippen LogP contribution in [-0.2, 0) is 4.84 Å². The minimum atomic E-state index is -1.34. The molecule has 0 spiro atoms. The van der Waals surface area contributed by atoms with Crippen molar-refractivity contribution in [2.24, 2.45) is 16.8 Å². The van der Waals surface area contributed by atoms with E-state index in [0.717, 1.165) is 18.9 Å². The van der Waals surface area contributed by atoms with Crippen molar-refractivity contribution in [3.63, 3.8) is 0 Å². The molecule has 3 N–H and O–H groups in total. The van der Waals surface area contributed by atoms with Crippen molar-refractivity contribution in [1.82, 2.24) is 9.55 Å². The van der Waals surface area contributed by atoms with Crippen molar-refractivity contribution >= 4 is 28.5 Å². The van der Waals surface area contributed by atoms with Crippen molar-refractivity contribution in [1.29, 1.82) is 0 Å². The summed E-state index contributed by atoms with van der Waals surface area (Å²) in [5, 5.41) is 13.5. The monoisotopic (exact) mass is 417 g/mol. The van der Waals surface area contributed by atoms with Crippen LogP contribution in [0.25, 0.3) is 11.0 Å². The van der Waals surface area contributed by atoms with E-state index in [-0.39, 0.29) is 40.5 Å². The normalized spacial score (nSPS) is 20.5. The van der Waals surface area contributed by atoms with Crippen LogP contribution in [0.1, 0.15) is 43.1 Å². The van der Waals surface area contributed by atoms with Gasteiger partial charge in [-0.25, -0.2) is 14.2 Å². The van der Waals surface area contributed by atoms with E-state index in [1.165, 1.54) is 6.20 Å². The molecule has 1 saturated heterocycles. The molecular formula is C20H24FN5O4. The van der Waals surface area contributed by atoms with Crippen LogP contribution < -0.4 is 16.1 Å². The number of hydrogen-bond acceptors (Lipinski definition) is 7. The molecule has 1 aliphatic heterocycles.